The summed E-state index contributed by atoms with van der Waals surface area (Å²) in [7, 11) is 0. The van der Waals surface area contributed by atoms with Crippen molar-refractivity contribution in [3.8, 4) is 6.07 Å². The molecule has 1 fully saturated rings. The van der Waals surface area contributed by atoms with E-state index in [1.54, 1.807) is 0 Å². The van der Waals surface area contributed by atoms with E-state index in [-0.39, 0.29) is 6.73 Å². The standard InChI is InChI=1S/C6H8N2O3/c7-3-6(1-2-6)8-4-11-5(9)10/h8H,1-2,4H2,(H,9,10). The second-order valence-corrected chi connectivity index (χ2v) is 2.43. The van der Waals surface area contributed by atoms with Crippen LogP contribution in [0.4, 0.5) is 4.79 Å². The summed E-state index contributed by atoms with van der Waals surface area (Å²) >= 11 is 0. The first-order valence-corrected chi connectivity index (χ1v) is 3.20. The highest BCUT2D eigenvalue weighted by molar-refractivity contribution is 5.56. The zero-order chi connectivity index (χ0) is 8.32. The number of nitriles is 1. The van der Waals surface area contributed by atoms with Crippen molar-refractivity contribution < 1.29 is 14.6 Å². The van der Waals surface area contributed by atoms with E-state index in [9.17, 15) is 4.79 Å². The van der Waals surface area contributed by atoms with Crippen LogP contribution in [0, 0.1) is 11.3 Å². The van der Waals surface area contributed by atoms with Crippen molar-refractivity contribution in [3.63, 3.8) is 0 Å². The number of ether oxygens (including phenoxy) is 1. The lowest BCUT2D eigenvalue weighted by atomic mass is 10.3. The van der Waals surface area contributed by atoms with E-state index in [1.165, 1.54) is 0 Å². The van der Waals surface area contributed by atoms with E-state index in [0.29, 0.717) is 0 Å². The van der Waals surface area contributed by atoms with Gasteiger partial charge in [0.2, 0.25) is 0 Å². The molecule has 0 amide bonds. The summed E-state index contributed by atoms with van der Waals surface area (Å²) in [5.41, 5.74) is -0.505. The van der Waals surface area contributed by atoms with Crippen molar-refractivity contribution in [1.29, 1.82) is 5.26 Å². The molecule has 5 heteroatoms. The second-order valence-electron chi connectivity index (χ2n) is 2.43. The smallest absolute Gasteiger partial charge is 0.450 e. The fourth-order valence-corrected chi connectivity index (χ4v) is 0.689. The van der Waals surface area contributed by atoms with E-state index < -0.39 is 11.7 Å². The Balaban J connectivity index is 2.14. The van der Waals surface area contributed by atoms with E-state index in [4.69, 9.17) is 10.4 Å². The zero-order valence-electron chi connectivity index (χ0n) is 5.83. The monoisotopic (exact) mass is 156 g/mol. The van der Waals surface area contributed by atoms with Crippen LogP contribution in [0.25, 0.3) is 0 Å². The molecule has 0 radical (unpaired) electrons. The normalized spacial score (nSPS) is 18.5. The lowest BCUT2D eigenvalue weighted by Gasteiger charge is -2.06. The third-order valence-electron chi connectivity index (χ3n) is 1.57. The van der Waals surface area contributed by atoms with Gasteiger partial charge in [0, 0.05) is 0 Å². The van der Waals surface area contributed by atoms with Gasteiger partial charge in [-0.3, -0.25) is 5.32 Å². The van der Waals surface area contributed by atoms with Gasteiger partial charge in [-0.05, 0) is 12.8 Å². The van der Waals surface area contributed by atoms with E-state index in [1.807, 2.05) is 6.07 Å². The topological polar surface area (TPSA) is 82.3 Å². The van der Waals surface area contributed by atoms with Gasteiger partial charge in [0.25, 0.3) is 0 Å². The first-order chi connectivity index (χ1) is 5.18. The van der Waals surface area contributed by atoms with E-state index >= 15 is 0 Å². The highest BCUT2D eigenvalue weighted by Crippen LogP contribution is 2.33. The highest BCUT2D eigenvalue weighted by Gasteiger charge is 2.42. The van der Waals surface area contributed by atoms with Crippen molar-refractivity contribution in [3.05, 3.63) is 0 Å². The molecule has 1 aliphatic rings. The Labute approximate surface area is 63.6 Å². The fourth-order valence-electron chi connectivity index (χ4n) is 0.689. The average Bonchev–Trinajstić information content (AvgIpc) is 2.69. The number of rotatable bonds is 3. The van der Waals surface area contributed by atoms with Crippen LogP contribution in [-0.2, 0) is 4.74 Å². The minimum atomic E-state index is -1.33. The summed E-state index contributed by atoms with van der Waals surface area (Å²) in [6, 6.07) is 2.04. The maximum atomic E-state index is 9.85. The van der Waals surface area contributed by atoms with Gasteiger partial charge in [-0.15, -0.1) is 0 Å². The molecule has 0 aromatic carbocycles. The summed E-state index contributed by atoms with van der Waals surface area (Å²) < 4.78 is 4.17. The number of hydrogen-bond donors (Lipinski definition) is 2. The minimum Gasteiger partial charge on any atom is -0.450 e. The lowest BCUT2D eigenvalue weighted by molar-refractivity contribution is 0.0819. The Bertz CT molecular complexity index is 204. The van der Waals surface area contributed by atoms with Crippen LogP contribution in [-0.4, -0.2) is 23.5 Å². The number of carboxylic acid groups (broad SMARTS) is 1. The molecule has 0 aliphatic heterocycles. The molecule has 60 valence electrons. The Morgan fingerprint density at radius 2 is 2.45 bits per heavy atom. The predicted octanol–water partition coefficient (Wildman–Crippen LogP) is 0.284. The number of nitrogens with zero attached hydrogens (tertiary/aromatic N) is 1. The van der Waals surface area contributed by atoms with Gasteiger partial charge in [-0.1, -0.05) is 0 Å². The fraction of sp³-hybridized carbons (Fsp3) is 0.667. The lowest BCUT2D eigenvalue weighted by Crippen LogP contribution is -2.32. The summed E-state index contributed by atoms with van der Waals surface area (Å²) in [5.74, 6) is 0. The molecule has 11 heavy (non-hydrogen) atoms. The molecule has 0 saturated heterocycles. The Kier molecular flexibility index (Phi) is 1.96. The summed E-state index contributed by atoms with van der Waals surface area (Å²) in [4.78, 5) is 9.85. The molecule has 0 bridgehead atoms. The van der Waals surface area contributed by atoms with Gasteiger partial charge >= 0.3 is 6.16 Å². The number of carbonyl (C=O) groups is 1. The van der Waals surface area contributed by atoms with Gasteiger partial charge in [0.05, 0.1) is 6.07 Å². The molecule has 0 unspecified atom stereocenters. The van der Waals surface area contributed by atoms with Gasteiger partial charge < -0.3 is 9.84 Å². The van der Waals surface area contributed by atoms with E-state index in [0.717, 1.165) is 12.8 Å². The van der Waals surface area contributed by atoms with Crippen molar-refractivity contribution >= 4 is 6.16 Å². The van der Waals surface area contributed by atoms with Crippen LogP contribution in [0.15, 0.2) is 0 Å². The molecule has 2 N–H and O–H groups in total. The molecular weight excluding hydrogens is 148 g/mol. The van der Waals surface area contributed by atoms with Crippen molar-refractivity contribution in [2.45, 2.75) is 18.4 Å². The first-order valence-electron chi connectivity index (χ1n) is 3.20. The van der Waals surface area contributed by atoms with Crippen molar-refractivity contribution in [2.75, 3.05) is 6.73 Å². The molecule has 1 aliphatic carbocycles. The first kappa shape index (κ1) is 7.82. The number of hydrogen-bond acceptors (Lipinski definition) is 4. The van der Waals surface area contributed by atoms with E-state index in [2.05, 4.69) is 10.1 Å². The molecule has 0 aromatic rings. The second kappa shape index (κ2) is 2.76. The average molecular weight is 156 g/mol. The zero-order valence-corrected chi connectivity index (χ0v) is 5.83. The Morgan fingerprint density at radius 1 is 1.82 bits per heavy atom. The highest BCUT2D eigenvalue weighted by atomic mass is 16.7. The quantitative estimate of drug-likeness (QED) is 0.453. The van der Waals surface area contributed by atoms with Gasteiger partial charge in [-0.25, -0.2) is 4.79 Å². The van der Waals surface area contributed by atoms with Crippen LogP contribution in [0.1, 0.15) is 12.8 Å². The predicted molar refractivity (Wildman–Crippen MR) is 34.7 cm³/mol. The molecular formula is C6H8N2O3. The molecule has 5 nitrogen and oxygen atoms in total. The molecule has 1 rings (SSSR count). The maximum Gasteiger partial charge on any atom is 0.507 e. The summed E-state index contributed by atoms with van der Waals surface area (Å²) in [6.45, 7) is -0.108. The molecule has 0 aromatic heterocycles. The van der Waals surface area contributed by atoms with Crippen molar-refractivity contribution in [1.82, 2.24) is 5.32 Å². The minimum absolute atomic E-state index is 0.108. The van der Waals surface area contributed by atoms with Gasteiger partial charge in [0.1, 0.15) is 12.3 Å². The third kappa shape index (κ3) is 2.09. The Hall–Kier alpha value is -1.28. The third-order valence-corrected chi connectivity index (χ3v) is 1.57. The van der Waals surface area contributed by atoms with Gasteiger partial charge in [0.15, 0.2) is 0 Å². The number of nitrogens with one attached hydrogen (secondary N) is 1. The van der Waals surface area contributed by atoms with Crippen LogP contribution in [0.3, 0.4) is 0 Å². The summed E-state index contributed by atoms with van der Waals surface area (Å²) in [6.07, 6.45) is 0.213. The molecule has 0 atom stereocenters. The molecule has 1 saturated carbocycles. The SMILES string of the molecule is N#CC1(NCOC(=O)O)CC1. The van der Waals surface area contributed by atoms with Gasteiger partial charge in [-0.2, -0.15) is 5.26 Å². The van der Waals surface area contributed by atoms with Crippen LogP contribution in [0.5, 0.6) is 0 Å². The van der Waals surface area contributed by atoms with Crippen LogP contribution < -0.4 is 5.32 Å². The van der Waals surface area contributed by atoms with Crippen LogP contribution >= 0.6 is 0 Å². The largest absolute Gasteiger partial charge is 0.507 e. The molecule has 0 spiro atoms. The maximum absolute atomic E-state index is 9.85. The van der Waals surface area contributed by atoms with Crippen LogP contribution in [0.2, 0.25) is 0 Å². The molecule has 0 heterocycles. The Morgan fingerprint density at radius 3 is 2.82 bits per heavy atom. The summed E-state index contributed by atoms with van der Waals surface area (Å²) in [5, 5.41) is 19.3. The van der Waals surface area contributed by atoms with Crippen molar-refractivity contribution in [2.24, 2.45) is 0 Å².